The normalized spacial score (nSPS) is 15.0. The quantitative estimate of drug-likeness (QED) is 0.847. The summed E-state index contributed by atoms with van der Waals surface area (Å²) in [5, 5.41) is 1.11. The van der Waals surface area contributed by atoms with E-state index in [1.165, 1.54) is 0 Å². The molecule has 0 spiro atoms. The topological polar surface area (TPSA) is 52.3 Å². The van der Waals surface area contributed by atoms with E-state index in [1.54, 1.807) is 11.3 Å². The van der Waals surface area contributed by atoms with Gasteiger partial charge in [-0.25, -0.2) is 4.79 Å². The summed E-state index contributed by atoms with van der Waals surface area (Å²) in [6.45, 7) is 9.96. The molecule has 1 atom stereocenters. The molecule has 1 aromatic carbocycles. The largest absolute Gasteiger partial charge is 0.461 e. The number of hydrogen-bond donors (Lipinski definition) is 1. The fourth-order valence-electron chi connectivity index (χ4n) is 2.62. The summed E-state index contributed by atoms with van der Waals surface area (Å²) in [6, 6.07) is 10.1. The van der Waals surface area contributed by atoms with Gasteiger partial charge in [0.2, 0.25) is 0 Å². The van der Waals surface area contributed by atoms with Crippen LogP contribution in [0.25, 0.3) is 10.1 Å². The summed E-state index contributed by atoms with van der Waals surface area (Å²) >= 11 is 1.57. The number of carbonyl (C=O) groups excluding carboxylic acids is 1. The smallest absolute Gasteiger partial charge is 0.331 e. The van der Waals surface area contributed by atoms with Crippen LogP contribution in [0.4, 0.5) is 0 Å². The molecule has 3 nitrogen and oxygen atoms in total. The van der Waals surface area contributed by atoms with E-state index in [2.05, 4.69) is 26.8 Å². The second-order valence-electron chi connectivity index (χ2n) is 7.31. The second kappa shape index (κ2) is 6.01. The van der Waals surface area contributed by atoms with Crippen LogP contribution in [0.5, 0.6) is 0 Å². The molecule has 22 heavy (non-hydrogen) atoms. The second-order valence-corrected chi connectivity index (χ2v) is 8.40. The van der Waals surface area contributed by atoms with Crippen molar-refractivity contribution in [3.05, 3.63) is 35.2 Å². The number of carbonyl (C=O) groups is 1. The Kier molecular flexibility index (Phi) is 4.64. The van der Waals surface area contributed by atoms with Crippen molar-refractivity contribution >= 4 is 27.4 Å². The third kappa shape index (κ3) is 3.68. The maximum atomic E-state index is 12.7. The maximum Gasteiger partial charge on any atom is 0.331 e. The molecule has 0 bridgehead atoms. The molecule has 0 aliphatic carbocycles. The molecule has 1 aromatic heterocycles. The number of rotatable bonds is 4. The SMILES string of the molecule is CC(C)OC(=O)[C@@](N)(CC(C)(C)C)c1cc2ccccc2s1. The Labute approximate surface area is 136 Å². The minimum absolute atomic E-state index is 0.0824. The predicted molar refractivity (Wildman–Crippen MR) is 93.0 cm³/mol. The predicted octanol–water partition coefficient (Wildman–Crippen LogP) is 4.44. The van der Waals surface area contributed by atoms with Crippen LogP contribution in [0, 0.1) is 5.41 Å². The van der Waals surface area contributed by atoms with Gasteiger partial charge in [-0.1, -0.05) is 39.0 Å². The Hall–Kier alpha value is -1.39. The van der Waals surface area contributed by atoms with Gasteiger partial charge in [0.05, 0.1) is 6.10 Å². The molecule has 2 N–H and O–H groups in total. The third-order valence-electron chi connectivity index (χ3n) is 3.38. The van der Waals surface area contributed by atoms with Gasteiger partial charge in [-0.3, -0.25) is 0 Å². The molecule has 0 saturated carbocycles. The van der Waals surface area contributed by atoms with Crippen LogP contribution in [0.3, 0.4) is 0 Å². The van der Waals surface area contributed by atoms with Gasteiger partial charge in [-0.05, 0) is 43.2 Å². The lowest BCUT2D eigenvalue weighted by molar-refractivity contribution is -0.155. The Balaban J connectivity index is 2.49. The average molecular weight is 319 g/mol. The van der Waals surface area contributed by atoms with Crippen molar-refractivity contribution in [1.29, 1.82) is 0 Å². The first kappa shape index (κ1) is 17.0. The number of ether oxygens (including phenoxy) is 1. The van der Waals surface area contributed by atoms with Gasteiger partial charge in [0, 0.05) is 9.58 Å². The molecule has 0 aliphatic rings. The number of esters is 1. The fraction of sp³-hybridized carbons (Fsp3) is 0.500. The monoisotopic (exact) mass is 319 g/mol. The van der Waals surface area contributed by atoms with E-state index in [-0.39, 0.29) is 17.5 Å². The van der Waals surface area contributed by atoms with E-state index in [9.17, 15) is 4.79 Å². The van der Waals surface area contributed by atoms with Crippen molar-refractivity contribution in [2.45, 2.75) is 52.7 Å². The molecular formula is C18H25NO2S. The molecule has 0 unspecified atom stereocenters. The zero-order valence-corrected chi connectivity index (χ0v) is 14.8. The van der Waals surface area contributed by atoms with Gasteiger partial charge >= 0.3 is 5.97 Å². The summed E-state index contributed by atoms with van der Waals surface area (Å²) in [5.41, 5.74) is 5.41. The van der Waals surface area contributed by atoms with Crippen molar-refractivity contribution < 1.29 is 9.53 Å². The van der Waals surface area contributed by atoms with E-state index in [1.807, 2.05) is 38.1 Å². The van der Waals surface area contributed by atoms with Gasteiger partial charge in [0.25, 0.3) is 0 Å². The summed E-state index contributed by atoms with van der Waals surface area (Å²) < 4.78 is 6.59. The van der Waals surface area contributed by atoms with Crippen LogP contribution >= 0.6 is 11.3 Å². The Morgan fingerprint density at radius 3 is 2.45 bits per heavy atom. The molecular weight excluding hydrogens is 294 g/mol. The third-order valence-corrected chi connectivity index (χ3v) is 4.68. The van der Waals surface area contributed by atoms with Crippen molar-refractivity contribution in [3.63, 3.8) is 0 Å². The minimum Gasteiger partial charge on any atom is -0.461 e. The molecule has 0 aliphatic heterocycles. The van der Waals surface area contributed by atoms with Crippen molar-refractivity contribution in [3.8, 4) is 0 Å². The molecule has 4 heteroatoms. The van der Waals surface area contributed by atoms with Crippen LogP contribution < -0.4 is 5.73 Å². The van der Waals surface area contributed by atoms with Gasteiger partial charge < -0.3 is 10.5 Å². The number of thiophene rings is 1. The van der Waals surface area contributed by atoms with Gasteiger partial charge in [0.15, 0.2) is 0 Å². The Morgan fingerprint density at radius 2 is 1.91 bits per heavy atom. The number of nitrogens with two attached hydrogens (primary N) is 1. The molecule has 2 rings (SSSR count). The first-order valence-electron chi connectivity index (χ1n) is 7.61. The summed E-state index contributed by atoms with van der Waals surface area (Å²) in [6.07, 6.45) is 0.364. The molecule has 0 fully saturated rings. The van der Waals surface area contributed by atoms with Crippen molar-refractivity contribution in [1.82, 2.24) is 0 Å². The zero-order chi connectivity index (χ0) is 16.5. The highest BCUT2D eigenvalue weighted by Gasteiger charge is 2.42. The van der Waals surface area contributed by atoms with Crippen LogP contribution in [0.2, 0.25) is 0 Å². The standard InChI is InChI=1S/C18H25NO2S/c1-12(2)21-16(20)18(19,11-17(3,4)5)15-10-13-8-6-7-9-14(13)22-15/h6-10,12H,11,19H2,1-5H3/t18-/m1/s1. The molecule has 0 amide bonds. The Morgan fingerprint density at radius 1 is 1.27 bits per heavy atom. The van der Waals surface area contributed by atoms with Gasteiger partial charge in [0.1, 0.15) is 5.54 Å². The highest BCUT2D eigenvalue weighted by molar-refractivity contribution is 7.19. The van der Waals surface area contributed by atoms with E-state index in [4.69, 9.17) is 10.5 Å². The summed E-state index contributed by atoms with van der Waals surface area (Å²) in [4.78, 5) is 13.6. The highest BCUT2D eigenvalue weighted by Crippen LogP contribution is 2.39. The first-order valence-corrected chi connectivity index (χ1v) is 8.42. The van der Waals surface area contributed by atoms with E-state index in [0.29, 0.717) is 6.42 Å². The van der Waals surface area contributed by atoms with E-state index < -0.39 is 5.54 Å². The van der Waals surface area contributed by atoms with Crippen molar-refractivity contribution in [2.24, 2.45) is 11.1 Å². The lowest BCUT2D eigenvalue weighted by atomic mass is 9.79. The molecule has 2 aromatic rings. The number of fused-ring (bicyclic) bond motifs is 1. The van der Waals surface area contributed by atoms with Crippen LogP contribution in [0.15, 0.2) is 30.3 Å². The molecule has 0 radical (unpaired) electrons. The minimum atomic E-state index is -1.10. The Bertz CT molecular complexity index is 636. The molecule has 120 valence electrons. The van der Waals surface area contributed by atoms with Crippen LogP contribution in [-0.4, -0.2) is 12.1 Å². The lowest BCUT2D eigenvalue weighted by Gasteiger charge is -2.33. The first-order chi connectivity index (χ1) is 10.1. The van der Waals surface area contributed by atoms with Gasteiger partial charge in [-0.15, -0.1) is 11.3 Å². The van der Waals surface area contributed by atoms with E-state index >= 15 is 0 Å². The summed E-state index contributed by atoms with van der Waals surface area (Å²) in [5.74, 6) is -0.344. The lowest BCUT2D eigenvalue weighted by Crippen LogP contribution is -2.48. The van der Waals surface area contributed by atoms with Crippen LogP contribution in [0.1, 0.15) is 45.9 Å². The maximum absolute atomic E-state index is 12.7. The van der Waals surface area contributed by atoms with E-state index in [0.717, 1.165) is 15.0 Å². The number of benzene rings is 1. The average Bonchev–Trinajstić information content (AvgIpc) is 2.80. The number of hydrogen-bond acceptors (Lipinski definition) is 4. The molecule has 0 saturated heterocycles. The van der Waals surface area contributed by atoms with Crippen LogP contribution in [-0.2, 0) is 15.1 Å². The highest BCUT2D eigenvalue weighted by atomic mass is 32.1. The van der Waals surface area contributed by atoms with Gasteiger partial charge in [-0.2, -0.15) is 0 Å². The summed E-state index contributed by atoms with van der Waals surface area (Å²) in [7, 11) is 0. The van der Waals surface area contributed by atoms with Crippen molar-refractivity contribution in [2.75, 3.05) is 0 Å². The zero-order valence-electron chi connectivity index (χ0n) is 14.0. The fourth-order valence-corrected chi connectivity index (χ4v) is 3.77. The molecule has 1 heterocycles.